The van der Waals surface area contributed by atoms with Gasteiger partial charge in [0.05, 0.1) is 7.11 Å². The summed E-state index contributed by atoms with van der Waals surface area (Å²) in [7, 11) is 1.36. The molecule has 3 rings (SSSR count). The molecule has 0 bridgehead atoms. The third kappa shape index (κ3) is 2.22. The SMILES string of the molecule is COC(=O)c1cc(C#C[C@]23CNC[C@H]2C3)cc(C)n1. The van der Waals surface area contributed by atoms with Gasteiger partial charge in [0.15, 0.2) is 0 Å². The molecule has 0 amide bonds. The minimum atomic E-state index is -0.420. The Morgan fingerprint density at radius 3 is 3.05 bits per heavy atom. The Morgan fingerprint density at radius 2 is 2.42 bits per heavy atom. The number of piperidine rings is 1. The molecule has 0 radical (unpaired) electrons. The van der Waals surface area contributed by atoms with E-state index in [0.29, 0.717) is 11.6 Å². The van der Waals surface area contributed by atoms with Crippen LogP contribution in [0.4, 0.5) is 0 Å². The fourth-order valence-electron chi connectivity index (χ4n) is 2.68. The minimum absolute atomic E-state index is 0.183. The maximum atomic E-state index is 11.5. The van der Waals surface area contributed by atoms with E-state index in [1.54, 1.807) is 6.07 Å². The molecule has 1 aliphatic heterocycles. The standard InChI is InChI=1S/C15H16N2O2/c1-10-5-11(6-13(17-10)14(18)19-2)3-4-15-7-12(15)8-16-9-15/h5-6,12,16H,7-9H2,1-2H3/t12-,15+/m1/s1. The lowest BCUT2D eigenvalue weighted by molar-refractivity contribution is 0.0593. The lowest BCUT2D eigenvalue weighted by Crippen LogP contribution is -2.14. The zero-order valence-electron chi connectivity index (χ0n) is 11.1. The summed E-state index contributed by atoms with van der Waals surface area (Å²) in [6.45, 7) is 3.92. The molecule has 1 N–H and O–H groups in total. The van der Waals surface area contributed by atoms with Crippen LogP contribution in [0.1, 0.15) is 28.2 Å². The largest absolute Gasteiger partial charge is 0.464 e. The molecule has 2 atom stereocenters. The third-order valence-corrected chi connectivity index (χ3v) is 3.87. The van der Waals surface area contributed by atoms with Crippen molar-refractivity contribution in [1.82, 2.24) is 10.3 Å². The highest BCUT2D eigenvalue weighted by Crippen LogP contribution is 2.54. The van der Waals surface area contributed by atoms with Crippen LogP contribution in [-0.4, -0.2) is 31.2 Å². The molecule has 0 aromatic carbocycles. The third-order valence-electron chi connectivity index (χ3n) is 3.87. The van der Waals surface area contributed by atoms with Crippen molar-refractivity contribution in [3.63, 3.8) is 0 Å². The number of aryl methyl sites for hydroxylation is 1. The number of nitrogens with zero attached hydrogens (tertiary/aromatic N) is 1. The van der Waals surface area contributed by atoms with E-state index in [1.165, 1.54) is 13.5 Å². The van der Waals surface area contributed by atoms with Gasteiger partial charge in [0.25, 0.3) is 0 Å². The number of pyridine rings is 1. The van der Waals surface area contributed by atoms with Crippen molar-refractivity contribution in [2.75, 3.05) is 20.2 Å². The molecule has 19 heavy (non-hydrogen) atoms. The van der Waals surface area contributed by atoms with Crippen LogP contribution < -0.4 is 5.32 Å². The van der Waals surface area contributed by atoms with E-state index >= 15 is 0 Å². The molecular formula is C15H16N2O2. The second-order valence-electron chi connectivity index (χ2n) is 5.31. The summed E-state index contributed by atoms with van der Waals surface area (Å²) >= 11 is 0. The van der Waals surface area contributed by atoms with E-state index in [9.17, 15) is 4.79 Å². The van der Waals surface area contributed by atoms with E-state index in [1.807, 2.05) is 13.0 Å². The van der Waals surface area contributed by atoms with E-state index < -0.39 is 5.97 Å². The van der Waals surface area contributed by atoms with E-state index in [2.05, 4.69) is 22.1 Å². The maximum absolute atomic E-state index is 11.5. The summed E-state index contributed by atoms with van der Waals surface area (Å²) in [5.74, 6) is 6.85. The molecule has 2 aliphatic rings. The van der Waals surface area contributed by atoms with E-state index in [4.69, 9.17) is 4.74 Å². The number of nitrogens with one attached hydrogen (secondary N) is 1. The minimum Gasteiger partial charge on any atom is -0.464 e. The quantitative estimate of drug-likeness (QED) is 0.604. The van der Waals surface area contributed by atoms with Gasteiger partial charge in [-0.15, -0.1) is 0 Å². The highest BCUT2D eigenvalue weighted by Gasteiger charge is 2.56. The Balaban J connectivity index is 1.87. The number of ether oxygens (including phenoxy) is 1. The van der Waals surface area contributed by atoms with Crippen LogP contribution in [0.5, 0.6) is 0 Å². The van der Waals surface area contributed by atoms with Crippen molar-refractivity contribution in [2.24, 2.45) is 11.3 Å². The van der Waals surface area contributed by atoms with Crippen LogP contribution in [0, 0.1) is 30.1 Å². The molecule has 0 spiro atoms. The molecule has 0 unspecified atom stereocenters. The number of hydrogen-bond acceptors (Lipinski definition) is 4. The van der Waals surface area contributed by atoms with Gasteiger partial charge in [-0.05, 0) is 37.9 Å². The number of hydrogen-bond donors (Lipinski definition) is 1. The predicted molar refractivity (Wildman–Crippen MR) is 70.6 cm³/mol. The van der Waals surface area contributed by atoms with Gasteiger partial charge in [-0.25, -0.2) is 9.78 Å². The fourth-order valence-corrected chi connectivity index (χ4v) is 2.68. The van der Waals surface area contributed by atoms with Crippen molar-refractivity contribution in [3.8, 4) is 11.8 Å². The average Bonchev–Trinajstić information content (AvgIpc) is 2.96. The predicted octanol–water partition coefficient (Wildman–Crippen LogP) is 1.14. The molecule has 1 saturated carbocycles. The summed E-state index contributed by atoms with van der Waals surface area (Å²) in [5, 5.41) is 3.36. The molecule has 1 aliphatic carbocycles. The lowest BCUT2D eigenvalue weighted by atomic mass is 10.1. The van der Waals surface area contributed by atoms with Gasteiger partial charge < -0.3 is 10.1 Å². The Morgan fingerprint density at radius 1 is 1.58 bits per heavy atom. The number of carbonyl (C=O) groups excluding carboxylic acids is 1. The number of aromatic nitrogens is 1. The number of esters is 1. The molecule has 2 heterocycles. The van der Waals surface area contributed by atoms with Crippen LogP contribution in [0.25, 0.3) is 0 Å². The fraction of sp³-hybridized carbons (Fsp3) is 0.467. The summed E-state index contributed by atoms with van der Waals surface area (Å²) in [5.41, 5.74) is 2.12. The smallest absolute Gasteiger partial charge is 0.356 e. The van der Waals surface area contributed by atoms with Gasteiger partial charge in [-0.3, -0.25) is 0 Å². The van der Waals surface area contributed by atoms with Crippen molar-refractivity contribution in [1.29, 1.82) is 0 Å². The van der Waals surface area contributed by atoms with E-state index in [-0.39, 0.29) is 5.41 Å². The highest BCUT2D eigenvalue weighted by molar-refractivity contribution is 5.87. The summed E-state index contributed by atoms with van der Waals surface area (Å²) in [6.07, 6.45) is 1.20. The molecule has 1 saturated heterocycles. The molecule has 2 fully saturated rings. The Labute approximate surface area is 112 Å². The van der Waals surface area contributed by atoms with Crippen LogP contribution in [0.3, 0.4) is 0 Å². The van der Waals surface area contributed by atoms with Crippen LogP contribution in [0.2, 0.25) is 0 Å². The molecule has 1 aromatic rings. The maximum Gasteiger partial charge on any atom is 0.356 e. The van der Waals surface area contributed by atoms with Crippen molar-refractivity contribution in [3.05, 3.63) is 29.1 Å². The number of rotatable bonds is 1. The topological polar surface area (TPSA) is 51.2 Å². The second kappa shape index (κ2) is 4.36. The van der Waals surface area contributed by atoms with Gasteiger partial charge >= 0.3 is 5.97 Å². The number of methoxy groups -OCH3 is 1. The Hall–Kier alpha value is -1.86. The summed E-state index contributed by atoms with van der Waals surface area (Å²) in [6, 6.07) is 3.60. The van der Waals surface area contributed by atoms with Crippen LogP contribution >= 0.6 is 0 Å². The van der Waals surface area contributed by atoms with Gasteiger partial charge in [0, 0.05) is 23.2 Å². The molecule has 4 heteroatoms. The zero-order chi connectivity index (χ0) is 13.5. The zero-order valence-corrected chi connectivity index (χ0v) is 11.1. The van der Waals surface area contributed by atoms with Gasteiger partial charge in [0.1, 0.15) is 5.69 Å². The van der Waals surface area contributed by atoms with Crippen molar-refractivity contribution < 1.29 is 9.53 Å². The summed E-state index contributed by atoms with van der Waals surface area (Å²) in [4.78, 5) is 15.7. The Kier molecular flexibility index (Phi) is 2.79. The molecule has 1 aromatic heterocycles. The van der Waals surface area contributed by atoms with Gasteiger partial charge in [-0.1, -0.05) is 11.8 Å². The van der Waals surface area contributed by atoms with Crippen LogP contribution in [0.15, 0.2) is 12.1 Å². The molecule has 4 nitrogen and oxygen atoms in total. The first-order chi connectivity index (χ1) is 9.13. The van der Waals surface area contributed by atoms with Crippen LogP contribution in [-0.2, 0) is 4.74 Å². The highest BCUT2D eigenvalue weighted by atomic mass is 16.5. The number of fused-ring (bicyclic) bond motifs is 1. The molecule has 98 valence electrons. The Bertz CT molecular complexity index is 600. The monoisotopic (exact) mass is 256 g/mol. The number of carbonyl (C=O) groups is 1. The normalized spacial score (nSPS) is 27.2. The molecular weight excluding hydrogens is 240 g/mol. The summed E-state index contributed by atoms with van der Waals surface area (Å²) < 4.78 is 4.69. The average molecular weight is 256 g/mol. The van der Waals surface area contributed by atoms with Gasteiger partial charge in [0.2, 0.25) is 0 Å². The second-order valence-corrected chi connectivity index (χ2v) is 5.31. The van der Waals surface area contributed by atoms with E-state index in [0.717, 1.165) is 24.3 Å². The van der Waals surface area contributed by atoms with Gasteiger partial charge in [-0.2, -0.15) is 0 Å². The van der Waals surface area contributed by atoms with Crippen molar-refractivity contribution >= 4 is 5.97 Å². The van der Waals surface area contributed by atoms with Crippen molar-refractivity contribution in [2.45, 2.75) is 13.3 Å². The first kappa shape index (κ1) is 12.2. The lowest BCUT2D eigenvalue weighted by Gasteiger charge is -2.02. The first-order valence-corrected chi connectivity index (χ1v) is 6.44. The first-order valence-electron chi connectivity index (χ1n) is 6.44.